The molecule has 2 aromatic carbocycles. The molecule has 29 heavy (non-hydrogen) atoms. The maximum absolute atomic E-state index is 12.6. The Kier molecular flexibility index (Phi) is 6.36. The number of hydrogen-bond acceptors (Lipinski definition) is 7. The number of methoxy groups -OCH3 is 1. The van der Waals surface area contributed by atoms with Crippen molar-refractivity contribution < 1.29 is 19.1 Å². The predicted molar refractivity (Wildman–Crippen MR) is 109 cm³/mol. The summed E-state index contributed by atoms with van der Waals surface area (Å²) in [5.74, 6) is 0.0150. The second kappa shape index (κ2) is 9.32. The van der Waals surface area contributed by atoms with Gasteiger partial charge in [-0.15, -0.1) is 0 Å². The molecule has 0 atom stereocenters. The van der Waals surface area contributed by atoms with E-state index in [2.05, 4.69) is 20.6 Å². The van der Waals surface area contributed by atoms with Crippen LogP contribution in [0.2, 0.25) is 0 Å². The van der Waals surface area contributed by atoms with Crippen molar-refractivity contribution in [3.8, 4) is 5.75 Å². The highest BCUT2D eigenvalue weighted by Crippen LogP contribution is 2.19. The third-order valence-electron chi connectivity index (χ3n) is 3.90. The Morgan fingerprint density at radius 3 is 2.52 bits per heavy atom. The first-order valence-corrected chi connectivity index (χ1v) is 8.92. The van der Waals surface area contributed by atoms with Gasteiger partial charge in [-0.2, -0.15) is 0 Å². The van der Waals surface area contributed by atoms with Gasteiger partial charge in [-0.1, -0.05) is 12.1 Å². The van der Waals surface area contributed by atoms with Crippen LogP contribution in [0.1, 0.15) is 27.8 Å². The zero-order valence-electron chi connectivity index (χ0n) is 16.0. The molecule has 3 rings (SSSR count). The highest BCUT2D eigenvalue weighted by atomic mass is 16.5. The van der Waals surface area contributed by atoms with Crippen molar-refractivity contribution in [3.63, 3.8) is 0 Å². The van der Waals surface area contributed by atoms with E-state index in [1.54, 1.807) is 50.4 Å². The summed E-state index contributed by atoms with van der Waals surface area (Å²) in [6.45, 7) is 1.96. The minimum atomic E-state index is -0.507. The average molecular weight is 392 g/mol. The molecule has 0 spiro atoms. The van der Waals surface area contributed by atoms with E-state index < -0.39 is 11.9 Å². The summed E-state index contributed by atoms with van der Waals surface area (Å²) in [6.07, 6.45) is 1.48. The molecule has 0 aliphatic heterocycles. The van der Waals surface area contributed by atoms with Crippen molar-refractivity contribution >= 4 is 29.2 Å². The fourth-order valence-electron chi connectivity index (χ4n) is 2.51. The number of benzene rings is 2. The summed E-state index contributed by atoms with van der Waals surface area (Å²) in [4.78, 5) is 33.1. The van der Waals surface area contributed by atoms with E-state index in [0.29, 0.717) is 5.69 Å². The van der Waals surface area contributed by atoms with Gasteiger partial charge in [0.15, 0.2) is 0 Å². The van der Waals surface area contributed by atoms with Gasteiger partial charge < -0.3 is 20.1 Å². The number of anilines is 3. The Balaban J connectivity index is 1.75. The van der Waals surface area contributed by atoms with Crippen molar-refractivity contribution in [2.24, 2.45) is 0 Å². The molecule has 0 aliphatic carbocycles. The second-order valence-electron chi connectivity index (χ2n) is 5.84. The van der Waals surface area contributed by atoms with Gasteiger partial charge in [0.25, 0.3) is 5.91 Å². The number of nitrogens with one attached hydrogen (secondary N) is 2. The molecule has 148 valence electrons. The van der Waals surface area contributed by atoms with Crippen molar-refractivity contribution in [3.05, 3.63) is 72.1 Å². The van der Waals surface area contributed by atoms with Gasteiger partial charge in [-0.3, -0.25) is 4.79 Å². The van der Waals surface area contributed by atoms with Crippen LogP contribution in [0.5, 0.6) is 5.75 Å². The summed E-state index contributed by atoms with van der Waals surface area (Å²) in [6, 6.07) is 15.3. The molecule has 2 N–H and O–H groups in total. The first-order valence-electron chi connectivity index (χ1n) is 8.92. The van der Waals surface area contributed by atoms with Crippen LogP contribution in [0.4, 0.5) is 17.3 Å². The lowest BCUT2D eigenvalue weighted by molar-refractivity contribution is 0.0527. The number of hydrogen-bond donors (Lipinski definition) is 2. The van der Waals surface area contributed by atoms with Gasteiger partial charge >= 0.3 is 5.97 Å². The van der Waals surface area contributed by atoms with Crippen LogP contribution >= 0.6 is 0 Å². The molecule has 0 saturated heterocycles. The third kappa shape index (κ3) is 5.07. The lowest BCUT2D eigenvalue weighted by Gasteiger charge is -2.11. The Morgan fingerprint density at radius 2 is 1.79 bits per heavy atom. The Bertz CT molecular complexity index is 1010. The molecule has 8 nitrogen and oxygen atoms in total. The third-order valence-corrected chi connectivity index (χ3v) is 3.90. The summed E-state index contributed by atoms with van der Waals surface area (Å²) in [5, 5.41) is 5.73. The Hall–Kier alpha value is -3.94. The molecule has 0 radical (unpaired) electrons. The Labute approximate surface area is 167 Å². The monoisotopic (exact) mass is 392 g/mol. The standard InChI is InChI=1S/C21H20N4O4/c1-3-29-20(27)16-6-4-5-7-17(16)24-19(26)18-12-13-22-21(25-18)23-14-8-10-15(28-2)11-9-14/h4-13H,3H2,1-2H3,(H,24,26)(H,22,23,25). The first kappa shape index (κ1) is 19.8. The van der Waals surface area contributed by atoms with Crippen LogP contribution < -0.4 is 15.4 Å². The number of amides is 1. The van der Waals surface area contributed by atoms with Gasteiger partial charge in [0, 0.05) is 11.9 Å². The van der Waals surface area contributed by atoms with Gasteiger partial charge in [0.2, 0.25) is 5.95 Å². The number of nitrogens with zero attached hydrogens (tertiary/aromatic N) is 2. The molecule has 0 aliphatic rings. The van der Waals surface area contributed by atoms with Crippen LogP contribution in [0.25, 0.3) is 0 Å². The lowest BCUT2D eigenvalue weighted by Crippen LogP contribution is -2.17. The molecular weight excluding hydrogens is 372 g/mol. The van der Waals surface area contributed by atoms with Gasteiger partial charge in [0.05, 0.1) is 25.0 Å². The number of rotatable bonds is 7. The molecule has 8 heteroatoms. The Morgan fingerprint density at radius 1 is 1.03 bits per heavy atom. The summed E-state index contributed by atoms with van der Waals surface area (Å²) in [5.41, 5.74) is 1.51. The average Bonchev–Trinajstić information content (AvgIpc) is 2.75. The molecular formula is C21H20N4O4. The molecule has 0 fully saturated rings. The van der Waals surface area contributed by atoms with E-state index >= 15 is 0 Å². The smallest absolute Gasteiger partial charge is 0.340 e. The van der Waals surface area contributed by atoms with E-state index in [1.165, 1.54) is 12.3 Å². The molecule has 1 heterocycles. The summed E-state index contributed by atoms with van der Waals surface area (Å²) in [7, 11) is 1.59. The molecule has 0 unspecified atom stereocenters. The second-order valence-corrected chi connectivity index (χ2v) is 5.84. The number of carbonyl (C=O) groups is 2. The quantitative estimate of drug-likeness (QED) is 0.592. The topological polar surface area (TPSA) is 102 Å². The zero-order valence-corrected chi connectivity index (χ0v) is 16.0. The minimum Gasteiger partial charge on any atom is -0.497 e. The number of aromatic nitrogens is 2. The zero-order chi connectivity index (χ0) is 20.6. The van der Waals surface area contributed by atoms with Crippen molar-refractivity contribution in [2.75, 3.05) is 24.4 Å². The number of esters is 1. The molecule has 3 aromatic rings. The lowest BCUT2D eigenvalue weighted by atomic mass is 10.1. The van der Waals surface area contributed by atoms with Crippen LogP contribution in [0.3, 0.4) is 0 Å². The van der Waals surface area contributed by atoms with E-state index in [4.69, 9.17) is 9.47 Å². The van der Waals surface area contributed by atoms with Crippen molar-refractivity contribution in [1.29, 1.82) is 0 Å². The number of carbonyl (C=O) groups excluding carboxylic acids is 2. The summed E-state index contributed by atoms with van der Waals surface area (Å²) >= 11 is 0. The van der Waals surface area contributed by atoms with E-state index in [0.717, 1.165) is 11.4 Å². The van der Waals surface area contributed by atoms with Crippen LogP contribution in [-0.4, -0.2) is 35.6 Å². The van der Waals surface area contributed by atoms with E-state index in [1.807, 2.05) is 12.1 Å². The fourth-order valence-corrected chi connectivity index (χ4v) is 2.51. The largest absolute Gasteiger partial charge is 0.497 e. The molecule has 0 bridgehead atoms. The highest BCUT2D eigenvalue weighted by Gasteiger charge is 2.16. The van der Waals surface area contributed by atoms with Crippen LogP contribution in [-0.2, 0) is 4.74 Å². The molecule has 1 aromatic heterocycles. The first-order chi connectivity index (χ1) is 14.1. The maximum atomic E-state index is 12.6. The van der Waals surface area contributed by atoms with Crippen LogP contribution in [0.15, 0.2) is 60.8 Å². The predicted octanol–water partition coefficient (Wildman–Crippen LogP) is 3.66. The van der Waals surface area contributed by atoms with Crippen LogP contribution in [0, 0.1) is 0 Å². The number of ether oxygens (including phenoxy) is 2. The SMILES string of the molecule is CCOC(=O)c1ccccc1NC(=O)c1ccnc(Nc2ccc(OC)cc2)n1. The van der Waals surface area contributed by atoms with Crippen molar-refractivity contribution in [2.45, 2.75) is 6.92 Å². The van der Waals surface area contributed by atoms with E-state index in [9.17, 15) is 9.59 Å². The highest BCUT2D eigenvalue weighted by molar-refractivity contribution is 6.07. The molecule has 0 saturated carbocycles. The fraction of sp³-hybridized carbons (Fsp3) is 0.143. The van der Waals surface area contributed by atoms with E-state index in [-0.39, 0.29) is 23.8 Å². The van der Waals surface area contributed by atoms with Crippen molar-refractivity contribution in [1.82, 2.24) is 9.97 Å². The van der Waals surface area contributed by atoms with Gasteiger partial charge in [-0.25, -0.2) is 14.8 Å². The van der Waals surface area contributed by atoms with Gasteiger partial charge in [0.1, 0.15) is 11.4 Å². The molecule has 1 amide bonds. The maximum Gasteiger partial charge on any atom is 0.340 e. The number of para-hydroxylation sites is 1. The minimum absolute atomic E-state index is 0.148. The normalized spacial score (nSPS) is 10.1. The summed E-state index contributed by atoms with van der Waals surface area (Å²) < 4.78 is 10.1. The van der Waals surface area contributed by atoms with Gasteiger partial charge in [-0.05, 0) is 49.4 Å².